The zero-order valence-electron chi connectivity index (χ0n) is 13.2. The zero-order chi connectivity index (χ0) is 14.6. The Morgan fingerprint density at radius 1 is 1.00 bits per heavy atom. The summed E-state index contributed by atoms with van der Waals surface area (Å²) in [6.07, 6.45) is 2.34. The molecule has 1 N–H and O–H groups in total. The molecule has 1 rings (SSSR count). The van der Waals surface area contributed by atoms with Crippen LogP contribution in [-0.4, -0.2) is 33.0 Å². The number of nitrogens with one attached hydrogen (secondary N) is 1. The van der Waals surface area contributed by atoms with Crippen molar-refractivity contribution in [1.82, 2.24) is 5.32 Å². The molecule has 0 aliphatic rings. The van der Waals surface area contributed by atoms with E-state index in [0.717, 1.165) is 19.6 Å². The lowest BCUT2D eigenvalue weighted by Gasteiger charge is -2.19. The van der Waals surface area contributed by atoms with E-state index in [2.05, 4.69) is 43.4 Å². The minimum Gasteiger partial charge on any atom is -0.379 e. The van der Waals surface area contributed by atoms with Gasteiger partial charge in [0, 0.05) is 6.61 Å². The minimum atomic E-state index is 0.261. The molecular weight excluding hydrogens is 250 g/mol. The summed E-state index contributed by atoms with van der Waals surface area (Å²) in [5.74, 6) is 0. The van der Waals surface area contributed by atoms with E-state index in [1.165, 1.54) is 17.5 Å². The Labute approximate surface area is 123 Å². The fraction of sp³-hybridized carbons (Fsp3) is 0.647. The topological polar surface area (TPSA) is 30.5 Å². The molecule has 0 aromatic heterocycles. The van der Waals surface area contributed by atoms with Crippen LogP contribution in [0.15, 0.2) is 24.3 Å². The van der Waals surface area contributed by atoms with Crippen molar-refractivity contribution in [3.63, 3.8) is 0 Å². The highest BCUT2D eigenvalue weighted by molar-refractivity contribution is 5.25. The van der Waals surface area contributed by atoms with Crippen molar-refractivity contribution in [2.24, 2.45) is 0 Å². The second-order valence-electron chi connectivity index (χ2n) is 4.87. The molecule has 0 saturated heterocycles. The molecule has 0 amide bonds. The quantitative estimate of drug-likeness (QED) is 0.630. The first-order chi connectivity index (χ1) is 9.81. The number of likely N-dealkylation sites (N-methyl/N-ethyl adjacent to an activating group) is 1. The lowest BCUT2D eigenvalue weighted by atomic mass is 10.0. The van der Waals surface area contributed by atoms with Gasteiger partial charge in [0.25, 0.3) is 0 Å². The third-order valence-corrected chi connectivity index (χ3v) is 3.23. The Morgan fingerprint density at radius 2 is 1.70 bits per heavy atom. The Bertz CT molecular complexity index is 337. The van der Waals surface area contributed by atoms with Crippen LogP contribution < -0.4 is 5.32 Å². The average molecular weight is 279 g/mol. The molecular formula is C17H29NO2. The number of aryl methyl sites for hydroxylation is 1. The summed E-state index contributed by atoms with van der Waals surface area (Å²) in [5.41, 5.74) is 2.70. The van der Waals surface area contributed by atoms with Gasteiger partial charge in [-0.1, -0.05) is 44.5 Å². The Balaban J connectivity index is 2.47. The average Bonchev–Trinajstić information content (AvgIpc) is 2.47. The molecule has 0 spiro atoms. The van der Waals surface area contributed by atoms with Crippen LogP contribution in [0.25, 0.3) is 0 Å². The van der Waals surface area contributed by atoms with Crippen LogP contribution in [-0.2, 0) is 15.9 Å². The third kappa shape index (κ3) is 6.51. The van der Waals surface area contributed by atoms with Gasteiger partial charge in [-0.05, 0) is 31.0 Å². The van der Waals surface area contributed by atoms with Crippen molar-refractivity contribution in [3.05, 3.63) is 35.4 Å². The molecule has 1 unspecified atom stereocenters. The molecule has 0 aliphatic carbocycles. The molecule has 0 bridgehead atoms. The molecule has 0 fully saturated rings. The summed E-state index contributed by atoms with van der Waals surface area (Å²) in [6.45, 7) is 10.0. The molecule has 0 heterocycles. The third-order valence-electron chi connectivity index (χ3n) is 3.23. The SMILES string of the molecule is CCCc1ccc(C(COCCOCC)NCC)cc1. The van der Waals surface area contributed by atoms with E-state index in [1.807, 2.05) is 6.92 Å². The van der Waals surface area contributed by atoms with Crippen LogP contribution in [0.5, 0.6) is 0 Å². The lowest BCUT2D eigenvalue weighted by Crippen LogP contribution is -2.26. The molecule has 0 radical (unpaired) electrons. The molecule has 114 valence electrons. The first-order valence-electron chi connectivity index (χ1n) is 7.79. The predicted molar refractivity (Wildman–Crippen MR) is 84.2 cm³/mol. The van der Waals surface area contributed by atoms with E-state index in [0.29, 0.717) is 19.8 Å². The minimum absolute atomic E-state index is 0.261. The van der Waals surface area contributed by atoms with Gasteiger partial charge in [-0.2, -0.15) is 0 Å². The number of hydrogen-bond donors (Lipinski definition) is 1. The largest absolute Gasteiger partial charge is 0.379 e. The van der Waals surface area contributed by atoms with Gasteiger partial charge in [0.15, 0.2) is 0 Å². The van der Waals surface area contributed by atoms with Crippen molar-refractivity contribution in [2.75, 3.05) is 33.0 Å². The van der Waals surface area contributed by atoms with E-state index in [9.17, 15) is 0 Å². The molecule has 1 aromatic rings. The standard InChI is InChI=1S/C17H29NO2/c1-4-7-15-8-10-16(11-9-15)17(18-5-2)14-20-13-12-19-6-3/h8-11,17-18H,4-7,12-14H2,1-3H3. The summed E-state index contributed by atoms with van der Waals surface area (Å²) in [7, 11) is 0. The molecule has 3 heteroatoms. The van der Waals surface area contributed by atoms with Gasteiger partial charge < -0.3 is 14.8 Å². The fourth-order valence-electron chi connectivity index (χ4n) is 2.19. The van der Waals surface area contributed by atoms with Crippen LogP contribution >= 0.6 is 0 Å². The first kappa shape index (κ1) is 17.2. The van der Waals surface area contributed by atoms with Gasteiger partial charge in [-0.25, -0.2) is 0 Å². The molecule has 20 heavy (non-hydrogen) atoms. The molecule has 0 saturated carbocycles. The Hall–Kier alpha value is -0.900. The Kier molecular flexibility index (Phi) is 9.29. The maximum Gasteiger partial charge on any atom is 0.0701 e. The van der Waals surface area contributed by atoms with Crippen molar-refractivity contribution in [1.29, 1.82) is 0 Å². The summed E-state index contributed by atoms with van der Waals surface area (Å²) in [6, 6.07) is 9.14. The maximum absolute atomic E-state index is 5.70. The number of rotatable bonds is 11. The van der Waals surface area contributed by atoms with Crippen LogP contribution in [0.3, 0.4) is 0 Å². The smallest absolute Gasteiger partial charge is 0.0701 e. The van der Waals surface area contributed by atoms with Gasteiger partial charge in [0.05, 0.1) is 25.9 Å². The summed E-state index contributed by atoms with van der Waals surface area (Å²) in [5, 5.41) is 3.48. The van der Waals surface area contributed by atoms with E-state index >= 15 is 0 Å². The fourth-order valence-corrected chi connectivity index (χ4v) is 2.19. The highest BCUT2D eigenvalue weighted by Gasteiger charge is 2.10. The highest BCUT2D eigenvalue weighted by Crippen LogP contribution is 2.15. The summed E-state index contributed by atoms with van der Waals surface area (Å²) in [4.78, 5) is 0. The summed E-state index contributed by atoms with van der Waals surface area (Å²) < 4.78 is 11.0. The van der Waals surface area contributed by atoms with Gasteiger partial charge >= 0.3 is 0 Å². The predicted octanol–water partition coefficient (Wildman–Crippen LogP) is 3.34. The van der Waals surface area contributed by atoms with Crippen molar-refractivity contribution >= 4 is 0 Å². The van der Waals surface area contributed by atoms with E-state index < -0.39 is 0 Å². The normalized spacial score (nSPS) is 12.6. The van der Waals surface area contributed by atoms with Gasteiger partial charge in [-0.3, -0.25) is 0 Å². The number of benzene rings is 1. The molecule has 1 atom stereocenters. The van der Waals surface area contributed by atoms with Crippen molar-refractivity contribution in [3.8, 4) is 0 Å². The van der Waals surface area contributed by atoms with Crippen molar-refractivity contribution < 1.29 is 9.47 Å². The Morgan fingerprint density at radius 3 is 2.30 bits per heavy atom. The molecule has 0 aliphatic heterocycles. The van der Waals surface area contributed by atoms with Crippen LogP contribution in [0.2, 0.25) is 0 Å². The monoisotopic (exact) mass is 279 g/mol. The number of ether oxygens (including phenoxy) is 2. The van der Waals surface area contributed by atoms with Crippen LogP contribution in [0, 0.1) is 0 Å². The lowest BCUT2D eigenvalue weighted by molar-refractivity contribution is 0.0435. The van der Waals surface area contributed by atoms with Gasteiger partial charge in [0.2, 0.25) is 0 Å². The van der Waals surface area contributed by atoms with Crippen LogP contribution in [0.1, 0.15) is 44.4 Å². The van der Waals surface area contributed by atoms with Gasteiger partial charge in [-0.15, -0.1) is 0 Å². The van der Waals surface area contributed by atoms with E-state index in [4.69, 9.17) is 9.47 Å². The second-order valence-corrected chi connectivity index (χ2v) is 4.87. The first-order valence-corrected chi connectivity index (χ1v) is 7.79. The highest BCUT2D eigenvalue weighted by atomic mass is 16.5. The van der Waals surface area contributed by atoms with Crippen molar-refractivity contribution in [2.45, 2.75) is 39.7 Å². The van der Waals surface area contributed by atoms with E-state index in [1.54, 1.807) is 0 Å². The zero-order valence-corrected chi connectivity index (χ0v) is 13.2. The maximum atomic E-state index is 5.70. The molecule has 3 nitrogen and oxygen atoms in total. The number of hydrogen-bond acceptors (Lipinski definition) is 3. The van der Waals surface area contributed by atoms with E-state index in [-0.39, 0.29) is 6.04 Å². The molecule has 1 aromatic carbocycles. The van der Waals surface area contributed by atoms with Gasteiger partial charge in [0.1, 0.15) is 0 Å². The summed E-state index contributed by atoms with van der Waals surface area (Å²) >= 11 is 0. The second kappa shape index (κ2) is 10.8. The van der Waals surface area contributed by atoms with Crippen LogP contribution in [0.4, 0.5) is 0 Å².